The molecule has 0 aliphatic rings. The van der Waals surface area contributed by atoms with E-state index in [0.29, 0.717) is 0 Å². The molecule has 22 heavy (non-hydrogen) atoms. The molecule has 0 radical (unpaired) electrons. The first-order chi connectivity index (χ1) is 10.8. The van der Waals surface area contributed by atoms with Crippen LogP contribution in [0.15, 0.2) is 24.3 Å². The van der Waals surface area contributed by atoms with Crippen LogP contribution >= 0.6 is 0 Å². The smallest absolute Gasteiger partial charge is 0.0414 e. The summed E-state index contributed by atoms with van der Waals surface area (Å²) in [5.41, 5.74) is 0. The Morgan fingerprint density at radius 2 is 1.18 bits per heavy atom. The number of rotatable bonds is 16. The molecule has 0 aliphatic carbocycles. The lowest BCUT2D eigenvalue weighted by Crippen LogP contribution is -2.21. The van der Waals surface area contributed by atoms with Crippen LogP contribution in [0.5, 0.6) is 0 Å². The number of carbonyl (C=O) groups is 1. The maximum Gasteiger partial charge on any atom is 0.0414 e. The second-order valence-electron chi connectivity index (χ2n) is 6.09. The molecule has 0 atom stereocenters. The molecular weight excluding hydrogens is 272 g/mol. The lowest BCUT2D eigenvalue weighted by molar-refractivity contribution is -0.305. The van der Waals surface area contributed by atoms with Gasteiger partial charge in [0, 0.05) is 5.97 Å². The quantitative estimate of drug-likeness (QED) is 0.285. The minimum absolute atomic E-state index is 0.219. The summed E-state index contributed by atoms with van der Waals surface area (Å²) in [6, 6.07) is 0. The largest absolute Gasteiger partial charge is 0.550 e. The van der Waals surface area contributed by atoms with Gasteiger partial charge in [-0.1, -0.05) is 82.6 Å². The Morgan fingerprint density at radius 3 is 1.68 bits per heavy atom. The number of carbonyl (C=O) groups excluding carboxylic acids is 1. The molecule has 128 valence electrons. The van der Waals surface area contributed by atoms with E-state index in [1.807, 2.05) is 0 Å². The number of carboxylic acid groups (broad SMARTS) is 1. The normalized spacial score (nSPS) is 11.7. The van der Waals surface area contributed by atoms with Gasteiger partial charge in [-0.2, -0.15) is 0 Å². The fourth-order valence-electron chi connectivity index (χ4n) is 2.45. The minimum Gasteiger partial charge on any atom is -0.550 e. The average molecular weight is 307 g/mol. The van der Waals surface area contributed by atoms with Crippen LogP contribution in [-0.4, -0.2) is 5.97 Å². The van der Waals surface area contributed by atoms with Crippen molar-refractivity contribution < 1.29 is 9.90 Å². The molecule has 0 aliphatic heterocycles. The van der Waals surface area contributed by atoms with Crippen LogP contribution in [0.1, 0.15) is 96.8 Å². The number of aliphatic carboxylic acids is 1. The van der Waals surface area contributed by atoms with Gasteiger partial charge in [-0.15, -0.1) is 0 Å². The molecule has 0 amide bonds. The fourth-order valence-corrected chi connectivity index (χ4v) is 2.45. The predicted molar refractivity (Wildman–Crippen MR) is 93.6 cm³/mol. The van der Waals surface area contributed by atoms with Gasteiger partial charge in [0.2, 0.25) is 0 Å². The summed E-state index contributed by atoms with van der Waals surface area (Å²) in [6.45, 7) is 2.25. The Balaban J connectivity index is 3.17. The third-order valence-electron chi connectivity index (χ3n) is 3.86. The van der Waals surface area contributed by atoms with Crippen LogP contribution in [0.2, 0.25) is 0 Å². The van der Waals surface area contributed by atoms with Crippen molar-refractivity contribution in [3.8, 4) is 0 Å². The van der Waals surface area contributed by atoms with Crippen LogP contribution in [0.4, 0.5) is 0 Å². The van der Waals surface area contributed by atoms with Crippen molar-refractivity contribution in [2.75, 3.05) is 0 Å². The summed E-state index contributed by atoms with van der Waals surface area (Å²) < 4.78 is 0. The van der Waals surface area contributed by atoms with E-state index >= 15 is 0 Å². The lowest BCUT2D eigenvalue weighted by atomic mass is 10.1. The van der Waals surface area contributed by atoms with Gasteiger partial charge in [0.15, 0.2) is 0 Å². The van der Waals surface area contributed by atoms with Crippen molar-refractivity contribution in [2.24, 2.45) is 0 Å². The van der Waals surface area contributed by atoms with Gasteiger partial charge in [-0.05, 0) is 38.5 Å². The highest BCUT2D eigenvalue weighted by Crippen LogP contribution is 2.10. The molecule has 0 heterocycles. The monoisotopic (exact) mass is 307 g/mol. The van der Waals surface area contributed by atoms with Crippen LogP contribution < -0.4 is 5.11 Å². The van der Waals surface area contributed by atoms with Crippen LogP contribution in [0.3, 0.4) is 0 Å². The topological polar surface area (TPSA) is 40.1 Å². The molecule has 0 saturated carbocycles. The molecule has 2 heteroatoms. The van der Waals surface area contributed by atoms with Crippen molar-refractivity contribution >= 4 is 5.97 Å². The highest BCUT2D eigenvalue weighted by Gasteiger charge is 1.92. The van der Waals surface area contributed by atoms with Gasteiger partial charge in [-0.25, -0.2) is 0 Å². The third-order valence-corrected chi connectivity index (χ3v) is 3.86. The van der Waals surface area contributed by atoms with Crippen molar-refractivity contribution in [3.63, 3.8) is 0 Å². The van der Waals surface area contributed by atoms with E-state index in [4.69, 9.17) is 0 Å². The zero-order chi connectivity index (χ0) is 16.3. The molecular formula is C20H35O2-. The summed E-state index contributed by atoms with van der Waals surface area (Å²) >= 11 is 0. The van der Waals surface area contributed by atoms with E-state index in [1.165, 1.54) is 64.2 Å². The second-order valence-corrected chi connectivity index (χ2v) is 6.09. The van der Waals surface area contributed by atoms with E-state index < -0.39 is 5.97 Å². The summed E-state index contributed by atoms with van der Waals surface area (Å²) in [7, 11) is 0. The van der Waals surface area contributed by atoms with Crippen molar-refractivity contribution in [1.82, 2.24) is 0 Å². The van der Waals surface area contributed by atoms with Crippen molar-refractivity contribution in [2.45, 2.75) is 96.8 Å². The maximum absolute atomic E-state index is 10.2. The molecule has 0 N–H and O–H groups in total. The highest BCUT2D eigenvalue weighted by molar-refractivity contribution is 5.63. The SMILES string of the molecule is CCCCCC/C=C/C=C\CCCCCCCCCC(=O)[O-]. The molecule has 0 spiro atoms. The number of allylic oxidation sites excluding steroid dienone is 4. The van der Waals surface area contributed by atoms with Gasteiger partial charge in [-0.3, -0.25) is 0 Å². The lowest BCUT2D eigenvalue weighted by Gasteiger charge is -2.02. The summed E-state index contributed by atoms with van der Waals surface area (Å²) in [4.78, 5) is 10.2. The second kappa shape index (κ2) is 18.0. The van der Waals surface area contributed by atoms with E-state index in [2.05, 4.69) is 31.2 Å². The maximum atomic E-state index is 10.2. The van der Waals surface area contributed by atoms with Crippen molar-refractivity contribution in [1.29, 1.82) is 0 Å². The molecule has 0 bridgehead atoms. The fraction of sp³-hybridized carbons (Fsp3) is 0.750. The Morgan fingerprint density at radius 1 is 0.727 bits per heavy atom. The van der Waals surface area contributed by atoms with Crippen molar-refractivity contribution in [3.05, 3.63) is 24.3 Å². The number of unbranched alkanes of at least 4 members (excludes halogenated alkanes) is 11. The van der Waals surface area contributed by atoms with Crippen LogP contribution in [0.25, 0.3) is 0 Å². The van der Waals surface area contributed by atoms with E-state index in [9.17, 15) is 9.90 Å². The van der Waals surface area contributed by atoms with Crippen LogP contribution in [-0.2, 0) is 4.79 Å². The van der Waals surface area contributed by atoms with Gasteiger partial charge < -0.3 is 9.90 Å². The number of carboxylic acids is 1. The number of hydrogen-bond donors (Lipinski definition) is 0. The van der Waals surface area contributed by atoms with Gasteiger partial charge in [0.05, 0.1) is 0 Å². The average Bonchev–Trinajstić information content (AvgIpc) is 2.50. The molecule has 0 rings (SSSR count). The molecule has 0 unspecified atom stereocenters. The Labute approximate surface area is 137 Å². The van der Waals surface area contributed by atoms with E-state index in [-0.39, 0.29) is 6.42 Å². The zero-order valence-electron chi connectivity index (χ0n) is 14.5. The minimum atomic E-state index is -0.915. The number of hydrogen-bond acceptors (Lipinski definition) is 2. The first-order valence-electron chi connectivity index (χ1n) is 9.29. The van der Waals surface area contributed by atoms with Gasteiger partial charge in [0.25, 0.3) is 0 Å². The summed E-state index contributed by atoms with van der Waals surface area (Å²) in [5, 5.41) is 10.2. The molecule has 0 saturated heterocycles. The van der Waals surface area contributed by atoms with Gasteiger partial charge in [0.1, 0.15) is 0 Å². The molecule has 0 fully saturated rings. The molecule has 0 aromatic heterocycles. The Kier molecular flexibility index (Phi) is 17.1. The summed E-state index contributed by atoms with van der Waals surface area (Å²) in [5.74, 6) is -0.915. The van der Waals surface area contributed by atoms with E-state index in [0.717, 1.165) is 19.3 Å². The van der Waals surface area contributed by atoms with E-state index in [1.54, 1.807) is 0 Å². The first-order valence-corrected chi connectivity index (χ1v) is 9.29. The first kappa shape index (κ1) is 20.9. The predicted octanol–water partition coefficient (Wildman–Crippen LogP) is 5.33. The summed E-state index contributed by atoms with van der Waals surface area (Å²) in [6.07, 6.45) is 24.9. The molecule has 0 aromatic carbocycles. The Hall–Kier alpha value is -1.05. The standard InChI is InChI=1S/C20H36O2/c1-2-3-4-5-6-7-8-9-10-11-12-13-14-15-16-17-18-19-20(21)22/h7-10H,2-6,11-19H2,1H3,(H,21,22)/p-1/b8-7+,10-9-. The highest BCUT2D eigenvalue weighted by atomic mass is 16.4. The Bertz CT molecular complexity index is 292. The molecule has 2 nitrogen and oxygen atoms in total. The molecule has 0 aromatic rings. The zero-order valence-corrected chi connectivity index (χ0v) is 14.5. The van der Waals surface area contributed by atoms with Gasteiger partial charge >= 0.3 is 0 Å². The van der Waals surface area contributed by atoms with Crippen LogP contribution in [0, 0.1) is 0 Å². The third kappa shape index (κ3) is 18.9.